The number of carbonyl (C=O) groups is 1. The first-order chi connectivity index (χ1) is 4.63. The predicted octanol–water partition coefficient (Wildman–Crippen LogP) is -0.776. The molecule has 0 unspecified atom stereocenters. The van der Waals surface area contributed by atoms with Crippen molar-refractivity contribution in [2.75, 3.05) is 13.1 Å². The van der Waals surface area contributed by atoms with Gasteiger partial charge in [0.2, 0.25) is 0 Å². The van der Waals surface area contributed by atoms with Gasteiger partial charge < -0.3 is 5.73 Å². The number of hydrogen-bond acceptors (Lipinski definition) is 3. The van der Waals surface area contributed by atoms with E-state index in [9.17, 15) is 4.79 Å². The molecule has 0 atom stereocenters. The van der Waals surface area contributed by atoms with Gasteiger partial charge in [0.1, 0.15) is 0 Å². The highest BCUT2D eigenvalue weighted by atomic mass is 16.2. The molecule has 0 heterocycles. The Morgan fingerprint density at radius 3 is 2.50 bits per heavy atom. The van der Waals surface area contributed by atoms with E-state index in [1.807, 2.05) is 0 Å². The lowest BCUT2D eigenvalue weighted by Gasteiger charge is -2.13. The van der Waals surface area contributed by atoms with E-state index in [1.54, 1.807) is 6.92 Å². The van der Waals surface area contributed by atoms with Crippen molar-refractivity contribution < 1.29 is 4.79 Å². The smallest absolute Gasteiger partial charge is 0.264 e. The van der Waals surface area contributed by atoms with Gasteiger partial charge in [0.25, 0.3) is 5.91 Å². The number of hydrogen-bond donors (Lipinski definition) is 2. The third kappa shape index (κ3) is 2.16. The Hall–Kier alpha value is -0.870. The second kappa shape index (κ2) is 4.03. The Labute approximate surface area is 60.4 Å². The molecule has 0 fully saturated rings. The predicted molar refractivity (Wildman–Crippen MR) is 39.8 cm³/mol. The van der Waals surface area contributed by atoms with Gasteiger partial charge in [-0.05, 0) is 6.92 Å². The highest BCUT2D eigenvalue weighted by Crippen LogP contribution is 1.91. The van der Waals surface area contributed by atoms with Crippen LogP contribution < -0.4 is 11.6 Å². The highest BCUT2D eigenvalue weighted by Gasteiger charge is 2.08. The molecule has 0 bridgehead atoms. The molecule has 10 heavy (non-hydrogen) atoms. The van der Waals surface area contributed by atoms with Crippen molar-refractivity contribution in [2.45, 2.75) is 6.92 Å². The van der Waals surface area contributed by atoms with Crippen molar-refractivity contribution in [3.8, 4) is 0 Å². The van der Waals surface area contributed by atoms with Crippen molar-refractivity contribution in [3.63, 3.8) is 0 Å². The first-order valence-corrected chi connectivity index (χ1v) is 3.07. The molecule has 0 aromatic carbocycles. The molecule has 4 N–H and O–H groups in total. The maximum Gasteiger partial charge on any atom is 0.264 e. The van der Waals surface area contributed by atoms with Gasteiger partial charge in [0.15, 0.2) is 0 Å². The van der Waals surface area contributed by atoms with Crippen molar-refractivity contribution in [2.24, 2.45) is 11.6 Å². The number of amides is 1. The van der Waals surface area contributed by atoms with Crippen LogP contribution in [0.2, 0.25) is 0 Å². The number of rotatable bonds is 3. The fourth-order valence-electron chi connectivity index (χ4n) is 0.434. The largest absolute Gasteiger partial charge is 0.326 e. The summed E-state index contributed by atoms with van der Waals surface area (Å²) in [5, 5.41) is 1.08. The van der Waals surface area contributed by atoms with Gasteiger partial charge in [0, 0.05) is 18.7 Å². The molecule has 0 aromatic rings. The average Bonchev–Trinajstić information content (AvgIpc) is 2.00. The Morgan fingerprint density at radius 2 is 2.20 bits per heavy atom. The first kappa shape index (κ1) is 9.13. The van der Waals surface area contributed by atoms with Crippen molar-refractivity contribution in [1.82, 2.24) is 5.01 Å². The number of hydrazine groups is 1. The van der Waals surface area contributed by atoms with E-state index in [-0.39, 0.29) is 12.5 Å². The van der Waals surface area contributed by atoms with Gasteiger partial charge in [-0.1, -0.05) is 6.58 Å². The van der Waals surface area contributed by atoms with Crippen LogP contribution in [0.25, 0.3) is 0 Å². The van der Waals surface area contributed by atoms with Gasteiger partial charge in [-0.15, -0.1) is 0 Å². The second-order valence-electron chi connectivity index (χ2n) is 1.90. The van der Waals surface area contributed by atoms with E-state index < -0.39 is 0 Å². The number of nitrogens with zero attached hydrogens (tertiary/aromatic N) is 1. The van der Waals surface area contributed by atoms with Gasteiger partial charge in [-0.25, -0.2) is 5.84 Å². The van der Waals surface area contributed by atoms with Crippen LogP contribution in [0.3, 0.4) is 0 Å². The zero-order valence-electron chi connectivity index (χ0n) is 6.13. The van der Waals surface area contributed by atoms with Crippen LogP contribution in [0.15, 0.2) is 12.2 Å². The number of likely N-dealkylation sites (N-methyl/N-ethyl adjacent to an activating group) is 1. The van der Waals surface area contributed by atoms with Crippen molar-refractivity contribution in [1.29, 1.82) is 0 Å². The maximum absolute atomic E-state index is 10.9. The van der Waals surface area contributed by atoms with Gasteiger partial charge in [-0.2, -0.15) is 0 Å². The van der Waals surface area contributed by atoms with E-state index in [4.69, 9.17) is 11.6 Å². The Balaban J connectivity index is 3.95. The third-order valence-electron chi connectivity index (χ3n) is 1.15. The molecule has 0 saturated heterocycles. The lowest BCUT2D eigenvalue weighted by Crippen LogP contribution is -2.39. The van der Waals surface area contributed by atoms with Crippen LogP contribution in [0.5, 0.6) is 0 Å². The van der Waals surface area contributed by atoms with Crippen LogP contribution >= 0.6 is 0 Å². The van der Waals surface area contributed by atoms with Gasteiger partial charge in [0.05, 0.1) is 0 Å². The first-order valence-electron chi connectivity index (χ1n) is 3.07. The van der Waals surface area contributed by atoms with Crippen LogP contribution in [0.1, 0.15) is 6.92 Å². The number of carbonyl (C=O) groups excluding carboxylic acids is 1. The summed E-state index contributed by atoms with van der Waals surface area (Å²) in [7, 11) is 0. The van der Waals surface area contributed by atoms with E-state index in [2.05, 4.69) is 6.58 Å². The zero-order valence-corrected chi connectivity index (χ0v) is 6.13. The molecule has 1 amide bonds. The second-order valence-corrected chi connectivity index (χ2v) is 1.90. The molecule has 0 spiro atoms. The zero-order chi connectivity index (χ0) is 8.15. The fraction of sp³-hybridized carbons (Fsp3) is 0.500. The summed E-state index contributed by atoms with van der Waals surface area (Å²) in [6.45, 7) is 5.85. The maximum atomic E-state index is 10.9. The molecule has 0 saturated carbocycles. The Kier molecular flexibility index (Phi) is 3.68. The van der Waals surface area contributed by atoms with Gasteiger partial charge >= 0.3 is 0 Å². The fourth-order valence-corrected chi connectivity index (χ4v) is 0.434. The standard InChI is InChI=1S/C6H13N3O/c1-3-9(8)6(10)5(2)4-7/h2-4,7-8H2,1H3. The Bertz CT molecular complexity index is 144. The van der Waals surface area contributed by atoms with Crippen LogP contribution in [0.4, 0.5) is 0 Å². The van der Waals surface area contributed by atoms with E-state index in [0.29, 0.717) is 12.1 Å². The SMILES string of the molecule is C=C(CN)C(=O)N(N)CC. The molecule has 0 radical (unpaired) electrons. The lowest BCUT2D eigenvalue weighted by molar-refractivity contribution is -0.127. The normalized spacial score (nSPS) is 9.10. The molecule has 4 nitrogen and oxygen atoms in total. The van der Waals surface area contributed by atoms with Crippen LogP contribution in [-0.2, 0) is 4.79 Å². The number of nitrogens with two attached hydrogens (primary N) is 2. The summed E-state index contributed by atoms with van der Waals surface area (Å²) in [4.78, 5) is 10.9. The highest BCUT2D eigenvalue weighted by molar-refractivity contribution is 5.92. The van der Waals surface area contributed by atoms with E-state index >= 15 is 0 Å². The van der Waals surface area contributed by atoms with E-state index in [1.165, 1.54) is 0 Å². The van der Waals surface area contributed by atoms with Crippen molar-refractivity contribution in [3.05, 3.63) is 12.2 Å². The lowest BCUT2D eigenvalue weighted by atomic mass is 10.3. The quantitative estimate of drug-likeness (QED) is 0.236. The summed E-state index contributed by atoms with van der Waals surface area (Å²) in [5.41, 5.74) is 5.50. The van der Waals surface area contributed by atoms with Crippen LogP contribution in [0, 0.1) is 0 Å². The molecular formula is C6H13N3O. The molecule has 0 rings (SSSR count). The molecule has 0 aliphatic carbocycles. The monoisotopic (exact) mass is 143 g/mol. The molecule has 0 aliphatic rings. The summed E-state index contributed by atoms with van der Waals surface area (Å²) in [6.07, 6.45) is 0. The summed E-state index contributed by atoms with van der Waals surface area (Å²) in [6, 6.07) is 0. The molecule has 4 heteroatoms. The summed E-state index contributed by atoms with van der Waals surface area (Å²) >= 11 is 0. The van der Waals surface area contributed by atoms with Gasteiger partial charge in [-0.3, -0.25) is 9.80 Å². The Morgan fingerprint density at radius 1 is 1.70 bits per heavy atom. The van der Waals surface area contributed by atoms with Crippen molar-refractivity contribution >= 4 is 5.91 Å². The minimum Gasteiger partial charge on any atom is -0.326 e. The topological polar surface area (TPSA) is 72.4 Å². The minimum absolute atomic E-state index is 0.159. The summed E-state index contributed by atoms with van der Waals surface area (Å²) < 4.78 is 0. The summed E-state index contributed by atoms with van der Waals surface area (Å²) in [5.74, 6) is 4.97. The van der Waals surface area contributed by atoms with Crippen LogP contribution in [-0.4, -0.2) is 24.0 Å². The van der Waals surface area contributed by atoms with E-state index in [0.717, 1.165) is 5.01 Å². The molecule has 0 aliphatic heterocycles. The molecule has 58 valence electrons. The minimum atomic E-state index is -0.287. The third-order valence-corrected chi connectivity index (χ3v) is 1.15. The molecular weight excluding hydrogens is 130 g/mol. The molecule has 0 aromatic heterocycles. The average molecular weight is 143 g/mol.